The number of aliphatic hydroxyl groups excluding tert-OH is 7. The van der Waals surface area contributed by atoms with Crippen LogP contribution in [0.1, 0.15) is 0 Å². The Hall–Kier alpha value is -1.62. The molecule has 1 amide bonds. The van der Waals surface area contributed by atoms with Crippen molar-refractivity contribution in [2.75, 3.05) is 18.5 Å². The van der Waals surface area contributed by atoms with Crippen LogP contribution in [-0.4, -0.2) is 115 Å². The Balaban J connectivity index is 1.67. The van der Waals surface area contributed by atoms with Crippen molar-refractivity contribution < 1.29 is 54.8 Å². The van der Waals surface area contributed by atoms with Crippen LogP contribution in [-0.2, 0) is 19.0 Å². The van der Waals surface area contributed by atoms with Gasteiger partial charge in [-0.3, -0.25) is 4.79 Å². The van der Waals surface area contributed by atoms with Gasteiger partial charge in [0, 0.05) is 10.6 Å². The summed E-state index contributed by atoms with van der Waals surface area (Å²) in [4.78, 5) is 12.0. The van der Waals surface area contributed by atoms with Gasteiger partial charge in [-0.25, -0.2) is 0 Å². The molecule has 2 aliphatic heterocycles. The number of nitrogens with one attached hydrogen (secondary N) is 1. The maximum atomic E-state index is 11.4. The quantitative estimate of drug-likeness (QED) is 0.174. The summed E-state index contributed by atoms with van der Waals surface area (Å²) in [5.74, 6) is -0.370. The highest BCUT2D eigenvalue weighted by atomic mass is 32.2. The second-order valence-corrected chi connectivity index (χ2v) is 9.01. The van der Waals surface area contributed by atoms with Gasteiger partial charge in [0.2, 0.25) is 5.91 Å². The van der Waals surface area contributed by atoms with E-state index >= 15 is 0 Å². The number of anilines is 1. The van der Waals surface area contributed by atoms with E-state index in [9.17, 15) is 40.5 Å². The Bertz CT molecular complexity index is 823. The number of hydrogen-bond donors (Lipinski definition) is 8. The first-order chi connectivity index (χ1) is 16.2. The van der Waals surface area contributed by atoms with Crippen LogP contribution in [0, 0.1) is 0 Å². The summed E-state index contributed by atoms with van der Waals surface area (Å²) >= 11 is 1.06. The molecule has 8 N–H and O–H groups in total. The molecule has 0 radical (unpaired) electrons. The summed E-state index contributed by atoms with van der Waals surface area (Å²) in [6.45, 7) is 2.09. The molecule has 2 aliphatic rings. The summed E-state index contributed by atoms with van der Waals surface area (Å²) in [7, 11) is 0. The van der Waals surface area contributed by atoms with Crippen LogP contribution in [0.5, 0.6) is 0 Å². The minimum atomic E-state index is -1.73. The van der Waals surface area contributed by atoms with Crippen molar-refractivity contribution >= 4 is 23.4 Å². The predicted octanol–water partition coefficient (Wildman–Crippen LogP) is -2.47. The number of carbonyl (C=O) groups is 1. The molecular formula is C21H29NO11S. The van der Waals surface area contributed by atoms with Gasteiger partial charge in [-0.15, -0.1) is 0 Å². The molecule has 12 nitrogen and oxygen atoms in total. The summed E-state index contributed by atoms with van der Waals surface area (Å²) in [6, 6.07) is 6.58. The van der Waals surface area contributed by atoms with Crippen LogP contribution in [0.25, 0.3) is 0 Å². The van der Waals surface area contributed by atoms with Crippen LogP contribution in [0.2, 0.25) is 0 Å². The number of hydrogen-bond acceptors (Lipinski definition) is 12. The second kappa shape index (κ2) is 11.9. The monoisotopic (exact) mass is 503 g/mol. The third-order valence-electron chi connectivity index (χ3n) is 5.52. The summed E-state index contributed by atoms with van der Waals surface area (Å²) in [5, 5.41) is 73.0. The first-order valence-electron chi connectivity index (χ1n) is 10.5. The van der Waals surface area contributed by atoms with Gasteiger partial charge in [-0.2, -0.15) is 0 Å². The van der Waals surface area contributed by atoms with E-state index in [-0.39, 0.29) is 5.91 Å². The van der Waals surface area contributed by atoms with E-state index in [1.807, 2.05) is 0 Å². The fourth-order valence-electron chi connectivity index (χ4n) is 3.60. The highest BCUT2D eigenvalue weighted by molar-refractivity contribution is 7.99. The van der Waals surface area contributed by atoms with E-state index < -0.39 is 73.8 Å². The van der Waals surface area contributed by atoms with E-state index in [4.69, 9.17) is 14.2 Å². The van der Waals surface area contributed by atoms with Gasteiger partial charge < -0.3 is 55.3 Å². The van der Waals surface area contributed by atoms with E-state index in [0.717, 1.165) is 17.8 Å². The maximum Gasteiger partial charge on any atom is 0.247 e. The number of rotatable bonds is 8. The molecule has 0 spiro atoms. The van der Waals surface area contributed by atoms with Crippen molar-refractivity contribution in [1.29, 1.82) is 0 Å². The van der Waals surface area contributed by atoms with Crippen LogP contribution < -0.4 is 5.32 Å². The number of amides is 1. The molecule has 0 unspecified atom stereocenters. The normalized spacial score (nSPS) is 38.3. The number of thioether (sulfide) groups is 1. The van der Waals surface area contributed by atoms with Gasteiger partial charge >= 0.3 is 0 Å². The summed E-state index contributed by atoms with van der Waals surface area (Å²) < 4.78 is 16.5. The Kier molecular flexibility index (Phi) is 9.42. The summed E-state index contributed by atoms with van der Waals surface area (Å²) in [5.41, 5.74) is -0.476. The molecule has 0 saturated carbocycles. The average Bonchev–Trinajstić information content (AvgIpc) is 2.84. The predicted molar refractivity (Wildman–Crippen MR) is 118 cm³/mol. The lowest BCUT2D eigenvalue weighted by molar-refractivity contribution is -0.338. The standard InChI is InChI=1S/C21H29NO11S/c1-2-13(25)22-9-3-5-10(6-4-9)34-21-18(30)16(28)19(12(8-24)32-21)33-20-17(29)15(27)14(26)11(7-23)31-20/h2-6,11-12,14-21,23-24,26-30H,1,7-8H2,(H,22,25)/t11-,12-,14+,15+,16-,17-,18-,19-,20+,21+/m1/s1. The zero-order valence-corrected chi connectivity index (χ0v) is 18.8. The van der Waals surface area contributed by atoms with E-state index in [0.29, 0.717) is 10.6 Å². The van der Waals surface area contributed by atoms with Crippen molar-refractivity contribution in [2.45, 2.75) is 65.5 Å². The Morgan fingerprint density at radius 1 is 0.941 bits per heavy atom. The molecule has 0 bridgehead atoms. The molecule has 10 atom stereocenters. The van der Waals surface area contributed by atoms with E-state index in [1.54, 1.807) is 24.3 Å². The highest BCUT2D eigenvalue weighted by Gasteiger charge is 2.50. The maximum absolute atomic E-state index is 11.4. The van der Waals surface area contributed by atoms with Gasteiger partial charge in [-0.05, 0) is 30.3 Å². The molecule has 34 heavy (non-hydrogen) atoms. The number of benzene rings is 1. The van der Waals surface area contributed by atoms with Crippen molar-refractivity contribution in [2.24, 2.45) is 0 Å². The topological polar surface area (TPSA) is 198 Å². The molecule has 2 fully saturated rings. The smallest absolute Gasteiger partial charge is 0.247 e. The fraction of sp³-hybridized carbons (Fsp3) is 0.571. The molecule has 1 aromatic rings. The largest absolute Gasteiger partial charge is 0.394 e. The van der Waals surface area contributed by atoms with Crippen molar-refractivity contribution in [1.82, 2.24) is 0 Å². The van der Waals surface area contributed by atoms with Crippen LogP contribution in [0.3, 0.4) is 0 Å². The van der Waals surface area contributed by atoms with E-state index in [2.05, 4.69) is 11.9 Å². The second-order valence-electron chi connectivity index (χ2n) is 7.84. The third-order valence-corrected chi connectivity index (χ3v) is 6.69. The average molecular weight is 504 g/mol. The minimum absolute atomic E-state index is 0.370. The van der Waals surface area contributed by atoms with Crippen molar-refractivity contribution in [3.8, 4) is 0 Å². The molecule has 0 aliphatic carbocycles. The zero-order chi connectivity index (χ0) is 25.0. The SMILES string of the molecule is C=CC(=O)Nc1ccc(S[C@@H]2O[C@H](CO)[C@@H](O[C@@H]3O[C@H](CO)[C@H](O)[C@H](O)[C@H]3O)[C@H](O)[C@H]2O)cc1. The lowest BCUT2D eigenvalue weighted by Gasteiger charge is -2.46. The number of ether oxygens (including phenoxy) is 3. The molecule has 2 saturated heterocycles. The van der Waals surface area contributed by atoms with Gasteiger partial charge in [0.05, 0.1) is 13.2 Å². The molecule has 13 heteroatoms. The van der Waals surface area contributed by atoms with Gasteiger partial charge in [-0.1, -0.05) is 18.3 Å². The molecule has 1 aromatic carbocycles. The Morgan fingerprint density at radius 2 is 1.59 bits per heavy atom. The molecule has 190 valence electrons. The lowest BCUT2D eigenvalue weighted by Crippen LogP contribution is -2.64. The molecule has 0 aromatic heterocycles. The van der Waals surface area contributed by atoms with Crippen molar-refractivity contribution in [3.05, 3.63) is 36.9 Å². The first-order valence-corrected chi connectivity index (χ1v) is 11.4. The summed E-state index contributed by atoms with van der Waals surface area (Å²) in [6.07, 6.45) is -12.3. The van der Waals surface area contributed by atoms with Crippen LogP contribution >= 0.6 is 11.8 Å². The Morgan fingerprint density at radius 3 is 2.18 bits per heavy atom. The van der Waals surface area contributed by atoms with Crippen molar-refractivity contribution in [3.63, 3.8) is 0 Å². The van der Waals surface area contributed by atoms with Crippen LogP contribution in [0.4, 0.5) is 5.69 Å². The number of aliphatic hydroxyl groups is 7. The van der Waals surface area contributed by atoms with Crippen LogP contribution in [0.15, 0.2) is 41.8 Å². The van der Waals surface area contributed by atoms with E-state index in [1.165, 1.54) is 0 Å². The third kappa shape index (κ3) is 5.95. The van der Waals surface area contributed by atoms with Gasteiger partial charge in [0.1, 0.15) is 54.3 Å². The van der Waals surface area contributed by atoms with Gasteiger partial charge in [0.15, 0.2) is 6.29 Å². The molecule has 2 heterocycles. The van der Waals surface area contributed by atoms with Gasteiger partial charge in [0.25, 0.3) is 0 Å². The Labute approximate surface area is 199 Å². The fourth-order valence-corrected chi connectivity index (χ4v) is 4.66. The molecular weight excluding hydrogens is 474 g/mol. The number of carbonyl (C=O) groups excluding carboxylic acids is 1. The zero-order valence-electron chi connectivity index (χ0n) is 18.0. The lowest BCUT2D eigenvalue weighted by atomic mass is 9.97. The minimum Gasteiger partial charge on any atom is -0.394 e. The first kappa shape index (κ1) is 27.0. The molecule has 3 rings (SSSR count). The highest BCUT2D eigenvalue weighted by Crippen LogP contribution is 2.36.